The van der Waals surface area contributed by atoms with Crippen LogP contribution in [-0.2, 0) is 0 Å². The quantitative estimate of drug-likeness (QED) is 0.663. The van der Waals surface area contributed by atoms with E-state index in [0.717, 1.165) is 24.3 Å². The Bertz CT molecular complexity index is 931. The molecule has 25 heavy (non-hydrogen) atoms. The molecule has 0 unspecified atom stereocenters. The van der Waals surface area contributed by atoms with Gasteiger partial charge in [0.25, 0.3) is 0 Å². The lowest BCUT2D eigenvalue weighted by atomic mass is 10.3. The molecule has 0 spiro atoms. The molecule has 2 N–H and O–H groups in total. The molecular formula is C17H12F4N4. The number of aromatic nitrogens is 2. The van der Waals surface area contributed by atoms with Gasteiger partial charge < -0.3 is 10.6 Å². The fraction of sp³-hybridized carbons (Fsp3) is 0.0588. The van der Waals surface area contributed by atoms with Gasteiger partial charge in [-0.1, -0.05) is 0 Å². The number of nitrogens with one attached hydrogen (secondary N) is 2. The van der Waals surface area contributed by atoms with Crippen molar-refractivity contribution in [1.29, 1.82) is 0 Å². The van der Waals surface area contributed by atoms with Gasteiger partial charge in [-0.3, -0.25) is 0 Å². The normalized spacial score (nSPS) is 10.6. The molecule has 0 aliphatic heterocycles. The van der Waals surface area contributed by atoms with Crippen molar-refractivity contribution >= 4 is 23.1 Å². The summed E-state index contributed by atoms with van der Waals surface area (Å²) < 4.78 is 52.9. The van der Waals surface area contributed by atoms with Crippen LogP contribution in [0.4, 0.5) is 40.7 Å². The molecule has 1 aromatic heterocycles. The van der Waals surface area contributed by atoms with Crippen LogP contribution in [0.1, 0.15) is 5.69 Å². The summed E-state index contributed by atoms with van der Waals surface area (Å²) in [6.45, 7) is 1.68. The topological polar surface area (TPSA) is 49.8 Å². The average molecular weight is 348 g/mol. The molecule has 1 heterocycles. The summed E-state index contributed by atoms with van der Waals surface area (Å²) in [6, 6.07) is 7.92. The summed E-state index contributed by atoms with van der Waals surface area (Å²) in [4.78, 5) is 8.26. The third kappa shape index (κ3) is 4.03. The van der Waals surface area contributed by atoms with E-state index in [2.05, 4.69) is 20.6 Å². The molecule has 0 radical (unpaired) electrons. The van der Waals surface area contributed by atoms with Gasteiger partial charge >= 0.3 is 0 Å². The first-order valence-corrected chi connectivity index (χ1v) is 7.20. The highest BCUT2D eigenvalue weighted by atomic mass is 19.2. The van der Waals surface area contributed by atoms with Gasteiger partial charge in [0.05, 0.1) is 5.69 Å². The van der Waals surface area contributed by atoms with Crippen LogP contribution >= 0.6 is 0 Å². The maximum Gasteiger partial charge on any atom is 0.229 e. The highest BCUT2D eigenvalue weighted by Gasteiger charge is 2.09. The smallest absolute Gasteiger partial charge is 0.229 e. The van der Waals surface area contributed by atoms with Crippen LogP contribution in [0.2, 0.25) is 0 Å². The monoisotopic (exact) mass is 348 g/mol. The van der Waals surface area contributed by atoms with Crippen molar-refractivity contribution in [1.82, 2.24) is 9.97 Å². The Morgan fingerprint density at radius 1 is 0.760 bits per heavy atom. The van der Waals surface area contributed by atoms with Crippen LogP contribution < -0.4 is 10.6 Å². The molecule has 8 heteroatoms. The molecule has 0 aliphatic rings. The Kier molecular flexibility index (Phi) is 4.51. The summed E-state index contributed by atoms with van der Waals surface area (Å²) in [6.07, 6.45) is 0. The van der Waals surface area contributed by atoms with E-state index in [1.165, 1.54) is 12.1 Å². The third-order valence-electron chi connectivity index (χ3n) is 3.22. The van der Waals surface area contributed by atoms with Gasteiger partial charge in [0.2, 0.25) is 5.95 Å². The van der Waals surface area contributed by atoms with E-state index in [9.17, 15) is 17.6 Å². The molecule has 0 aliphatic carbocycles. The van der Waals surface area contributed by atoms with Gasteiger partial charge in [-0.25, -0.2) is 22.5 Å². The van der Waals surface area contributed by atoms with Crippen LogP contribution in [0.5, 0.6) is 0 Å². The van der Waals surface area contributed by atoms with Crippen molar-refractivity contribution in [2.24, 2.45) is 0 Å². The summed E-state index contributed by atoms with van der Waals surface area (Å²) in [5.74, 6) is -3.08. The zero-order valence-electron chi connectivity index (χ0n) is 12.9. The van der Waals surface area contributed by atoms with Gasteiger partial charge in [0, 0.05) is 29.6 Å². The second-order valence-electron chi connectivity index (χ2n) is 5.22. The first-order valence-electron chi connectivity index (χ1n) is 7.20. The average Bonchev–Trinajstić information content (AvgIpc) is 2.53. The van der Waals surface area contributed by atoms with Gasteiger partial charge in [-0.2, -0.15) is 4.98 Å². The zero-order valence-corrected chi connectivity index (χ0v) is 12.9. The van der Waals surface area contributed by atoms with Crippen LogP contribution in [0.3, 0.4) is 0 Å². The minimum Gasteiger partial charge on any atom is -0.338 e. The molecule has 0 amide bonds. The van der Waals surface area contributed by atoms with E-state index in [0.29, 0.717) is 5.69 Å². The molecule has 0 saturated carbocycles. The van der Waals surface area contributed by atoms with Gasteiger partial charge in [0.1, 0.15) is 17.5 Å². The van der Waals surface area contributed by atoms with Gasteiger partial charge in [-0.05, 0) is 31.2 Å². The lowest BCUT2D eigenvalue weighted by Crippen LogP contribution is -2.03. The fourth-order valence-electron chi connectivity index (χ4n) is 2.12. The summed E-state index contributed by atoms with van der Waals surface area (Å²) in [7, 11) is 0. The maximum absolute atomic E-state index is 13.7. The molecule has 0 fully saturated rings. The number of benzene rings is 2. The van der Waals surface area contributed by atoms with Crippen LogP contribution in [0.15, 0.2) is 42.5 Å². The number of hydrogen-bond acceptors (Lipinski definition) is 4. The number of halogens is 4. The van der Waals surface area contributed by atoms with Crippen molar-refractivity contribution in [3.8, 4) is 0 Å². The largest absolute Gasteiger partial charge is 0.338 e. The van der Waals surface area contributed by atoms with E-state index in [1.54, 1.807) is 13.0 Å². The maximum atomic E-state index is 13.7. The molecule has 0 atom stereocenters. The number of rotatable bonds is 4. The molecule has 0 saturated heterocycles. The van der Waals surface area contributed by atoms with E-state index >= 15 is 0 Å². The van der Waals surface area contributed by atoms with Crippen molar-refractivity contribution in [2.75, 3.05) is 10.6 Å². The minimum absolute atomic E-state index is 0.0401. The van der Waals surface area contributed by atoms with E-state index < -0.39 is 23.3 Å². The van der Waals surface area contributed by atoms with Gasteiger partial charge in [0.15, 0.2) is 11.6 Å². The number of nitrogens with zero attached hydrogens (tertiary/aromatic N) is 2. The van der Waals surface area contributed by atoms with Gasteiger partial charge in [-0.15, -0.1) is 0 Å². The van der Waals surface area contributed by atoms with Crippen molar-refractivity contribution < 1.29 is 17.6 Å². The van der Waals surface area contributed by atoms with Crippen LogP contribution in [0.25, 0.3) is 0 Å². The van der Waals surface area contributed by atoms with Crippen molar-refractivity contribution in [3.05, 3.63) is 71.4 Å². The molecule has 128 valence electrons. The Labute approximate surface area is 140 Å². The Morgan fingerprint density at radius 2 is 1.56 bits per heavy atom. The highest BCUT2D eigenvalue weighted by Crippen LogP contribution is 2.22. The Hall–Kier alpha value is -3.16. The van der Waals surface area contributed by atoms with Crippen LogP contribution in [0, 0.1) is 30.2 Å². The molecule has 3 aromatic rings. The van der Waals surface area contributed by atoms with E-state index in [-0.39, 0.29) is 23.1 Å². The Morgan fingerprint density at radius 3 is 2.28 bits per heavy atom. The molecule has 4 nitrogen and oxygen atoms in total. The number of hydrogen-bond donors (Lipinski definition) is 2. The first kappa shape index (κ1) is 16.7. The SMILES string of the molecule is Cc1cc(Nc2ccc(F)cc2F)nc(Nc2ccc(F)c(F)c2)n1. The third-order valence-corrected chi connectivity index (χ3v) is 3.22. The minimum atomic E-state index is -1.01. The molecule has 3 rings (SSSR count). The number of anilines is 4. The summed E-state index contributed by atoms with van der Waals surface area (Å²) in [5.41, 5.74) is 0.840. The molecular weight excluding hydrogens is 336 g/mol. The second-order valence-corrected chi connectivity index (χ2v) is 5.22. The highest BCUT2D eigenvalue weighted by molar-refractivity contribution is 5.60. The van der Waals surface area contributed by atoms with Crippen LogP contribution in [-0.4, -0.2) is 9.97 Å². The lowest BCUT2D eigenvalue weighted by molar-refractivity contribution is 0.509. The summed E-state index contributed by atoms with van der Waals surface area (Å²) >= 11 is 0. The predicted octanol–water partition coefficient (Wildman–Crippen LogP) is 4.83. The fourth-order valence-corrected chi connectivity index (χ4v) is 2.12. The standard InChI is InChI=1S/C17H12F4N4/c1-9-6-16(24-15-5-2-10(18)7-14(15)21)25-17(22-9)23-11-3-4-12(19)13(20)8-11/h2-8H,1H3,(H2,22,23,24,25). The summed E-state index contributed by atoms with van der Waals surface area (Å²) in [5, 5.41) is 5.46. The van der Waals surface area contributed by atoms with Crippen molar-refractivity contribution in [3.63, 3.8) is 0 Å². The molecule has 2 aromatic carbocycles. The second kappa shape index (κ2) is 6.76. The zero-order chi connectivity index (χ0) is 18.0. The predicted molar refractivity (Wildman–Crippen MR) is 86.1 cm³/mol. The lowest BCUT2D eigenvalue weighted by Gasteiger charge is -2.11. The van der Waals surface area contributed by atoms with E-state index in [1.807, 2.05) is 0 Å². The molecule has 0 bridgehead atoms. The van der Waals surface area contributed by atoms with E-state index in [4.69, 9.17) is 0 Å². The van der Waals surface area contributed by atoms with Crippen molar-refractivity contribution in [2.45, 2.75) is 6.92 Å². The first-order chi connectivity index (χ1) is 11.9. The number of aryl methyl sites for hydroxylation is 1. The Balaban J connectivity index is 1.86.